The van der Waals surface area contributed by atoms with Gasteiger partial charge in [-0.1, -0.05) is 12.1 Å². The average molecular weight is 334 g/mol. The number of nitrogens with one attached hydrogen (secondary N) is 1. The molecule has 2 aliphatic rings. The Kier molecular flexibility index (Phi) is 6.21. The van der Waals surface area contributed by atoms with Gasteiger partial charge in [0, 0.05) is 13.2 Å². The molecular weight excluding hydrogens is 307 g/mol. The summed E-state index contributed by atoms with van der Waals surface area (Å²) in [4.78, 5) is 14.6. The number of ether oxygens (including phenoxy) is 1. The number of carbonyl (C=O) groups excluding carboxylic acids is 1. The predicted octanol–water partition coefficient (Wildman–Crippen LogP) is 3.04. The summed E-state index contributed by atoms with van der Waals surface area (Å²) in [5.41, 5.74) is 1.06. The number of likely N-dealkylation sites (tertiary alicyclic amines) is 1. The maximum Gasteiger partial charge on any atom is 0.222 e. The zero-order valence-electron chi connectivity index (χ0n) is 14.2. The smallest absolute Gasteiger partial charge is 0.222 e. The molecule has 2 fully saturated rings. The highest BCUT2D eigenvalue weighted by atomic mass is 19.1. The van der Waals surface area contributed by atoms with Crippen LogP contribution in [0.2, 0.25) is 0 Å². The van der Waals surface area contributed by atoms with Crippen LogP contribution in [0.15, 0.2) is 24.3 Å². The van der Waals surface area contributed by atoms with Gasteiger partial charge in [0.1, 0.15) is 5.82 Å². The largest absolute Gasteiger partial charge is 0.378 e. The molecule has 1 aromatic carbocycles. The summed E-state index contributed by atoms with van der Waals surface area (Å²) in [6.45, 7) is 3.40. The molecule has 132 valence electrons. The number of carbonyl (C=O) groups is 1. The van der Waals surface area contributed by atoms with Gasteiger partial charge in [0.05, 0.1) is 18.6 Å². The Balaban J connectivity index is 1.57. The Morgan fingerprint density at radius 3 is 2.62 bits per heavy atom. The van der Waals surface area contributed by atoms with Gasteiger partial charge in [-0.25, -0.2) is 4.39 Å². The number of amides is 1. The standard InChI is InChI=1S/C19H27FN2O2/c20-16-8-6-15(7-9-16)18(22-10-2-3-11-22)14-21-19(23)13-17-5-1-4-12-24-17/h6-9,17-18H,1-5,10-14H2,(H,21,23). The first-order chi connectivity index (χ1) is 11.7. The van der Waals surface area contributed by atoms with E-state index in [1.165, 1.54) is 25.0 Å². The maximum atomic E-state index is 13.2. The van der Waals surface area contributed by atoms with Gasteiger partial charge in [0.25, 0.3) is 0 Å². The molecule has 4 nitrogen and oxygen atoms in total. The molecule has 2 unspecified atom stereocenters. The summed E-state index contributed by atoms with van der Waals surface area (Å²) >= 11 is 0. The second-order valence-corrected chi connectivity index (χ2v) is 6.81. The molecule has 3 rings (SSSR count). The van der Waals surface area contributed by atoms with E-state index in [0.717, 1.165) is 44.5 Å². The van der Waals surface area contributed by atoms with Crippen molar-refractivity contribution in [3.8, 4) is 0 Å². The Labute approximate surface area is 143 Å². The molecule has 2 saturated heterocycles. The minimum absolute atomic E-state index is 0.0493. The van der Waals surface area contributed by atoms with Gasteiger partial charge in [-0.05, 0) is 62.9 Å². The molecule has 0 aromatic heterocycles. The molecule has 1 aromatic rings. The van der Waals surface area contributed by atoms with Crippen LogP contribution < -0.4 is 5.32 Å². The van der Waals surface area contributed by atoms with Crippen LogP contribution in [0.4, 0.5) is 4.39 Å². The summed E-state index contributed by atoms with van der Waals surface area (Å²) in [7, 11) is 0. The van der Waals surface area contributed by atoms with Gasteiger partial charge < -0.3 is 10.1 Å². The summed E-state index contributed by atoms with van der Waals surface area (Å²) in [6.07, 6.45) is 6.08. The molecule has 2 heterocycles. The van der Waals surface area contributed by atoms with Crippen molar-refractivity contribution in [1.29, 1.82) is 0 Å². The van der Waals surface area contributed by atoms with Crippen molar-refractivity contribution in [3.63, 3.8) is 0 Å². The van der Waals surface area contributed by atoms with Crippen molar-refractivity contribution in [2.75, 3.05) is 26.2 Å². The van der Waals surface area contributed by atoms with E-state index in [-0.39, 0.29) is 23.9 Å². The Morgan fingerprint density at radius 2 is 1.96 bits per heavy atom. The second kappa shape index (κ2) is 8.58. The van der Waals surface area contributed by atoms with E-state index in [2.05, 4.69) is 10.2 Å². The minimum atomic E-state index is -0.225. The zero-order chi connectivity index (χ0) is 16.8. The van der Waals surface area contributed by atoms with Crippen LogP contribution in [0.1, 0.15) is 50.1 Å². The molecule has 1 N–H and O–H groups in total. The van der Waals surface area contributed by atoms with Crippen molar-refractivity contribution in [2.45, 2.75) is 50.7 Å². The summed E-state index contributed by atoms with van der Waals surface area (Å²) in [5.74, 6) is -0.175. The van der Waals surface area contributed by atoms with Crippen LogP contribution in [-0.4, -0.2) is 43.2 Å². The molecule has 1 amide bonds. The third-order valence-electron chi connectivity index (χ3n) is 5.02. The van der Waals surface area contributed by atoms with E-state index in [0.29, 0.717) is 13.0 Å². The third kappa shape index (κ3) is 4.77. The number of nitrogens with zero attached hydrogens (tertiary/aromatic N) is 1. The van der Waals surface area contributed by atoms with E-state index in [1.54, 1.807) is 0 Å². The van der Waals surface area contributed by atoms with Crippen molar-refractivity contribution in [2.24, 2.45) is 0 Å². The summed E-state index contributed by atoms with van der Waals surface area (Å²) in [6, 6.07) is 6.76. The molecule has 2 atom stereocenters. The molecule has 24 heavy (non-hydrogen) atoms. The number of halogens is 1. The highest BCUT2D eigenvalue weighted by Gasteiger charge is 2.25. The quantitative estimate of drug-likeness (QED) is 0.869. The maximum absolute atomic E-state index is 13.2. The van der Waals surface area contributed by atoms with Crippen LogP contribution in [0.25, 0.3) is 0 Å². The number of rotatable bonds is 6. The summed E-state index contributed by atoms with van der Waals surface area (Å²) < 4.78 is 18.8. The highest BCUT2D eigenvalue weighted by molar-refractivity contribution is 5.76. The lowest BCUT2D eigenvalue weighted by atomic mass is 10.0. The van der Waals surface area contributed by atoms with Gasteiger partial charge in [0.2, 0.25) is 5.91 Å². The predicted molar refractivity (Wildman–Crippen MR) is 91.2 cm³/mol. The number of hydrogen-bond acceptors (Lipinski definition) is 3. The average Bonchev–Trinajstić information content (AvgIpc) is 3.12. The first-order valence-corrected chi connectivity index (χ1v) is 9.10. The molecule has 0 bridgehead atoms. The Bertz CT molecular complexity index is 523. The minimum Gasteiger partial charge on any atom is -0.378 e. The second-order valence-electron chi connectivity index (χ2n) is 6.81. The molecule has 0 aliphatic carbocycles. The van der Waals surface area contributed by atoms with Crippen LogP contribution in [0.3, 0.4) is 0 Å². The van der Waals surface area contributed by atoms with Crippen molar-refractivity contribution >= 4 is 5.91 Å². The van der Waals surface area contributed by atoms with E-state index in [9.17, 15) is 9.18 Å². The first-order valence-electron chi connectivity index (χ1n) is 9.10. The van der Waals surface area contributed by atoms with E-state index in [1.807, 2.05) is 12.1 Å². The summed E-state index contributed by atoms with van der Waals surface area (Å²) in [5, 5.41) is 3.07. The normalized spacial score (nSPS) is 23.1. The van der Waals surface area contributed by atoms with Gasteiger partial charge in [-0.3, -0.25) is 9.69 Å². The van der Waals surface area contributed by atoms with Crippen LogP contribution in [-0.2, 0) is 9.53 Å². The molecule has 0 saturated carbocycles. The van der Waals surface area contributed by atoms with Crippen LogP contribution >= 0.6 is 0 Å². The van der Waals surface area contributed by atoms with Gasteiger partial charge >= 0.3 is 0 Å². The Hall–Kier alpha value is -1.46. The SMILES string of the molecule is O=C(CC1CCCCO1)NCC(c1ccc(F)cc1)N1CCCC1. The fraction of sp³-hybridized carbons (Fsp3) is 0.632. The van der Waals surface area contributed by atoms with E-state index in [4.69, 9.17) is 4.74 Å². The van der Waals surface area contributed by atoms with Crippen LogP contribution in [0, 0.1) is 5.82 Å². The molecular formula is C19H27FN2O2. The van der Waals surface area contributed by atoms with Crippen LogP contribution in [0.5, 0.6) is 0 Å². The topological polar surface area (TPSA) is 41.6 Å². The highest BCUT2D eigenvalue weighted by Crippen LogP contribution is 2.25. The van der Waals surface area contributed by atoms with Crippen molar-refractivity contribution < 1.29 is 13.9 Å². The van der Waals surface area contributed by atoms with Gasteiger partial charge in [0.15, 0.2) is 0 Å². The molecule has 0 radical (unpaired) electrons. The monoisotopic (exact) mass is 334 g/mol. The van der Waals surface area contributed by atoms with Gasteiger partial charge in [-0.15, -0.1) is 0 Å². The number of benzene rings is 1. The van der Waals surface area contributed by atoms with Crippen molar-refractivity contribution in [3.05, 3.63) is 35.6 Å². The molecule has 2 aliphatic heterocycles. The van der Waals surface area contributed by atoms with E-state index < -0.39 is 0 Å². The zero-order valence-corrected chi connectivity index (χ0v) is 14.2. The Morgan fingerprint density at radius 1 is 1.21 bits per heavy atom. The lowest BCUT2D eigenvalue weighted by Gasteiger charge is -2.29. The first kappa shape index (κ1) is 17.4. The number of hydrogen-bond donors (Lipinski definition) is 1. The molecule has 0 spiro atoms. The van der Waals surface area contributed by atoms with Crippen molar-refractivity contribution in [1.82, 2.24) is 10.2 Å². The van der Waals surface area contributed by atoms with E-state index >= 15 is 0 Å². The lowest BCUT2D eigenvalue weighted by molar-refractivity contribution is -0.125. The third-order valence-corrected chi connectivity index (χ3v) is 5.02. The molecule has 5 heteroatoms. The lowest BCUT2D eigenvalue weighted by Crippen LogP contribution is -2.38. The fourth-order valence-corrected chi connectivity index (χ4v) is 3.65. The fourth-order valence-electron chi connectivity index (χ4n) is 3.65. The van der Waals surface area contributed by atoms with Gasteiger partial charge in [-0.2, -0.15) is 0 Å².